The van der Waals surface area contributed by atoms with E-state index >= 15 is 0 Å². The topological polar surface area (TPSA) is 59.6 Å². The molecule has 0 bridgehead atoms. The highest BCUT2D eigenvalue weighted by Crippen LogP contribution is 2.26. The zero-order valence-corrected chi connectivity index (χ0v) is 12.6. The number of ether oxygens (including phenoxy) is 2. The third-order valence-corrected chi connectivity index (χ3v) is 3.25. The van der Waals surface area contributed by atoms with Crippen LogP contribution in [0.4, 0.5) is 5.69 Å². The monoisotopic (exact) mass is 300 g/mol. The van der Waals surface area contributed by atoms with Crippen LogP contribution in [0.5, 0.6) is 11.5 Å². The molecule has 1 fully saturated rings. The second kappa shape index (κ2) is 7.97. The molecule has 1 amide bonds. The van der Waals surface area contributed by atoms with Crippen molar-refractivity contribution >= 4 is 24.0 Å². The van der Waals surface area contributed by atoms with E-state index in [9.17, 15) is 4.79 Å². The molecule has 0 radical (unpaired) electrons. The molecule has 6 heteroatoms. The summed E-state index contributed by atoms with van der Waals surface area (Å²) in [4.78, 5) is 12.1. The number of piperidine rings is 1. The van der Waals surface area contributed by atoms with E-state index in [2.05, 4.69) is 10.6 Å². The average molecular weight is 301 g/mol. The van der Waals surface area contributed by atoms with Crippen molar-refractivity contribution < 1.29 is 14.3 Å². The van der Waals surface area contributed by atoms with Crippen molar-refractivity contribution in [2.45, 2.75) is 25.3 Å². The number of benzene rings is 1. The van der Waals surface area contributed by atoms with Crippen molar-refractivity contribution in [2.75, 3.05) is 26.1 Å². The summed E-state index contributed by atoms with van der Waals surface area (Å²) in [6, 6.07) is 5.23. The molecule has 20 heavy (non-hydrogen) atoms. The van der Waals surface area contributed by atoms with Crippen molar-refractivity contribution in [1.82, 2.24) is 5.32 Å². The normalized spacial score (nSPS) is 17.8. The summed E-state index contributed by atoms with van der Waals surface area (Å²) in [6.45, 7) is 0.902. The predicted octanol–water partition coefficient (Wildman–Crippen LogP) is 2.21. The number of hydrogen-bond donors (Lipinski definition) is 2. The Morgan fingerprint density at radius 3 is 2.35 bits per heavy atom. The van der Waals surface area contributed by atoms with Crippen LogP contribution in [0.1, 0.15) is 19.3 Å². The van der Waals surface area contributed by atoms with E-state index in [4.69, 9.17) is 9.47 Å². The van der Waals surface area contributed by atoms with Crippen LogP contribution in [-0.2, 0) is 4.79 Å². The van der Waals surface area contributed by atoms with Crippen LogP contribution in [0, 0.1) is 0 Å². The maximum atomic E-state index is 12.1. The van der Waals surface area contributed by atoms with Gasteiger partial charge in [-0.15, -0.1) is 12.4 Å². The molecule has 1 atom stereocenters. The molecule has 1 aromatic carbocycles. The molecular formula is C14H21ClN2O3. The summed E-state index contributed by atoms with van der Waals surface area (Å²) in [5.74, 6) is 1.31. The third kappa shape index (κ3) is 4.28. The van der Waals surface area contributed by atoms with Crippen LogP contribution in [0.25, 0.3) is 0 Å². The molecule has 0 aliphatic carbocycles. The molecular weight excluding hydrogens is 280 g/mol. The van der Waals surface area contributed by atoms with E-state index in [0.29, 0.717) is 17.2 Å². The number of anilines is 1. The lowest BCUT2D eigenvalue weighted by molar-refractivity contribution is -0.118. The fourth-order valence-corrected chi connectivity index (χ4v) is 2.18. The van der Waals surface area contributed by atoms with Gasteiger partial charge >= 0.3 is 0 Å². The molecule has 112 valence electrons. The standard InChI is InChI=1S/C14H20N2O3.ClH/c1-18-11-7-10(8-12(9-11)19-2)16-14(17)13-5-3-4-6-15-13;/h7-9,13,15H,3-6H2,1-2H3,(H,16,17);1H/t13-;/m1./s1. The van der Waals surface area contributed by atoms with Gasteiger partial charge in [-0.3, -0.25) is 4.79 Å². The molecule has 0 aromatic heterocycles. The van der Waals surface area contributed by atoms with Crippen LogP contribution in [0.2, 0.25) is 0 Å². The minimum Gasteiger partial charge on any atom is -0.497 e. The van der Waals surface area contributed by atoms with Crippen LogP contribution in [0.3, 0.4) is 0 Å². The fraction of sp³-hybridized carbons (Fsp3) is 0.500. The van der Waals surface area contributed by atoms with Crippen LogP contribution in [0.15, 0.2) is 18.2 Å². The number of methoxy groups -OCH3 is 2. The Balaban J connectivity index is 0.00000200. The Morgan fingerprint density at radius 1 is 1.20 bits per heavy atom. The van der Waals surface area contributed by atoms with E-state index in [1.165, 1.54) is 0 Å². The highest BCUT2D eigenvalue weighted by molar-refractivity contribution is 5.95. The molecule has 2 rings (SSSR count). The number of halogens is 1. The van der Waals surface area contributed by atoms with E-state index in [0.717, 1.165) is 25.8 Å². The molecule has 5 nitrogen and oxygen atoms in total. The van der Waals surface area contributed by atoms with E-state index in [1.807, 2.05) is 0 Å². The minimum absolute atomic E-state index is 0. The number of amides is 1. The molecule has 1 aliphatic heterocycles. The van der Waals surface area contributed by atoms with Crippen molar-refractivity contribution in [3.63, 3.8) is 0 Å². The summed E-state index contributed by atoms with van der Waals surface area (Å²) in [5.41, 5.74) is 0.688. The number of nitrogens with one attached hydrogen (secondary N) is 2. The van der Waals surface area contributed by atoms with Gasteiger partial charge in [0.25, 0.3) is 0 Å². The average Bonchev–Trinajstić information content (AvgIpc) is 2.47. The quantitative estimate of drug-likeness (QED) is 0.895. The van der Waals surface area contributed by atoms with E-state index in [1.54, 1.807) is 32.4 Å². The van der Waals surface area contributed by atoms with Gasteiger partial charge in [-0.2, -0.15) is 0 Å². The lowest BCUT2D eigenvalue weighted by atomic mass is 10.0. The van der Waals surface area contributed by atoms with Gasteiger partial charge in [-0.25, -0.2) is 0 Å². The summed E-state index contributed by atoms with van der Waals surface area (Å²) in [6.07, 6.45) is 3.11. The predicted molar refractivity (Wildman–Crippen MR) is 81.1 cm³/mol. The van der Waals surface area contributed by atoms with Crippen LogP contribution < -0.4 is 20.1 Å². The van der Waals surface area contributed by atoms with Gasteiger partial charge < -0.3 is 20.1 Å². The maximum absolute atomic E-state index is 12.1. The molecule has 1 aromatic rings. The van der Waals surface area contributed by atoms with Gasteiger partial charge in [0.05, 0.1) is 20.3 Å². The van der Waals surface area contributed by atoms with Gasteiger partial charge in [-0.1, -0.05) is 6.42 Å². The Labute approximate surface area is 125 Å². The highest BCUT2D eigenvalue weighted by Gasteiger charge is 2.20. The van der Waals surface area contributed by atoms with Gasteiger partial charge in [0.2, 0.25) is 5.91 Å². The third-order valence-electron chi connectivity index (χ3n) is 3.25. The second-order valence-electron chi connectivity index (χ2n) is 4.59. The number of carbonyl (C=O) groups is 1. The largest absolute Gasteiger partial charge is 0.497 e. The van der Waals surface area contributed by atoms with Crippen molar-refractivity contribution in [2.24, 2.45) is 0 Å². The zero-order valence-electron chi connectivity index (χ0n) is 11.8. The number of rotatable bonds is 4. The molecule has 2 N–H and O–H groups in total. The van der Waals surface area contributed by atoms with Gasteiger partial charge in [0.1, 0.15) is 11.5 Å². The van der Waals surface area contributed by atoms with Crippen LogP contribution >= 0.6 is 12.4 Å². The molecule has 0 unspecified atom stereocenters. The second-order valence-corrected chi connectivity index (χ2v) is 4.59. The Kier molecular flexibility index (Phi) is 6.61. The number of carbonyl (C=O) groups excluding carboxylic acids is 1. The lowest BCUT2D eigenvalue weighted by Crippen LogP contribution is -2.43. The highest BCUT2D eigenvalue weighted by atomic mass is 35.5. The first-order chi connectivity index (χ1) is 9.22. The van der Waals surface area contributed by atoms with Gasteiger partial charge in [-0.05, 0) is 19.4 Å². The summed E-state index contributed by atoms with van der Waals surface area (Å²) in [7, 11) is 3.17. The Bertz CT molecular complexity index is 426. The fourth-order valence-electron chi connectivity index (χ4n) is 2.18. The Morgan fingerprint density at radius 2 is 1.85 bits per heavy atom. The molecule has 1 saturated heterocycles. The first kappa shape index (κ1) is 16.6. The molecule has 0 spiro atoms. The zero-order chi connectivity index (χ0) is 13.7. The first-order valence-corrected chi connectivity index (χ1v) is 6.50. The SMILES string of the molecule is COc1cc(NC(=O)[C@H]2CCCCN2)cc(OC)c1.Cl. The van der Waals surface area contributed by atoms with Crippen molar-refractivity contribution in [1.29, 1.82) is 0 Å². The Hall–Kier alpha value is -1.46. The maximum Gasteiger partial charge on any atom is 0.241 e. The molecule has 1 aliphatic rings. The number of hydrogen-bond acceptors (Lipinski definition) is 4. The smallest absolute Gasteiger partial charge is 0.241 e. The van der Waals surface area contributed by atoms with E-state index < -0.39 is 0 Å². The van der Waals surface area contributed by atoms with E-state index in [-0.39, 0.29) is 24.4 Å². The first-order valence-electron chi connectivity index (χ1n) is 6.50. The minimum atomic E-state index is -0.106. The molecule has 0 saturated carbocycles. The lowest BCUT2D eigenvalue weighted by Gasteiger charge is -2.22. The van der Waals surface area contributed by atoms with Gasteiger partial charge in [0, 0.05) is 23.9 Å². The van der Waals surface area contributed by atoms with Crippen LogP contribution in [-0.4, -0.2) is 32.7 Å². The summed E-state index contributed by atoms with van der Waals surface area (Å²) >= 11 is 0. The van der Waals surface area contributed by atoms with Crippen molar-refractivity contribution in [3.05, 3.63) is 18.2 Å². The summed E-state index contributed by atoms with van der Waals surface area (Å²) < 4.78 is 10.4. The molecule has 1 heterocycles. The van der Waals surface area contributed by atoms with Gasteiger partial charge in [0.15, 0.2) is 0 Å². The summed E-state index contributed by atoms with van der Waals surface area (Å²) in [5, 5.41) is 6.12. The van der Waals surface area contributed by atoms with Crippen molar-refractivity contribution in [3.8, 4) is 11.5 Å².